The van der Waals surface area contributed by atoms with Crippen molar-refractivity contribution in [3.63, 3.8) is 0 Å². The Kier molecular flexibility index (Phi) is 2.65. The Hall–Kier alpha value is -1.68. The van der Waals surface area contributed by atoms with Gasteiger partial charge in [0.25, 0.3) is 0 Å². The van der Waals surface area contributed by atoms with Gasteiger partial charge in [-0.3, -0.25) is 4.98 Å². The number of pyridine rings is 1. The van der Waals surface area contributed by atoms with Crippen LogP contribution >= 0.6 is 12.2 Å². The van der Waals surface area contributed by atoms with Crippen LogP contribution in [0.25, 0.3) is 10.9 Å². The summed E-state index contributed by atoms with van der Waals surface area (Å²) in [5.41, 5.74) is 2.11. The van der Waals surface area contributed by atoms with E-state index in [2.05, 4.69) is 39.5 Å². The van der Waals surface area contributed by atoms with Crippen LogP contribution in [0, 0.1) is 0 Å². The minimum Gasteiger partial charge on any atom is -0.362 e. The van der Waals surface area contributed by atoms with E-state index in [1.807, 2.05) is 12.3 Å². The molecule has 0 amide bonds. The summed E-state index contributed by atoms with van der Waals surface area (Å²) in [5.74, 6) is 0. The Morgan fingerprint density at radius 3 is 3.00 bits per heavy atom. The van der Waals surface area contributed by atoms with Crippen molar-refractivity contribution < 1.29 is 0 Å². The first-order valence-corrected chi connectivity index (χ1v) is 6.16. The maximum Gasteiger partial charge on any atom is 0.173 e. The fourth-order valence-electron chi connectivity index (χ4n) is 2.17. The third-order valence-electron chi connectivity index (χ3n) is 2.98. The molecule has 0 unspecified atom stereocenters. The van der Waals surface area contributed by atoms with Crippen LogP contribution in [0.3, 0.4) is 0 Å². The highest BCUT2D eigenvalue weighted by Gasteiger charge is 2.18. The number of hydrogen-bond donors (Lipinski definition) is 1. The first kappa shape index (κ1) is 10.5. The monoisotopic (exact) mass is 243 g/mol. The largest absolute Gasteiger partial charge is 0.362 e. The van der Waals surface area contributed by atoms with Gasteiger partial charge in [-0.2, -0.15) is 0 Å². The van der Waals surface area contributed by atoms with E-state index in [9.17, 15) is 0 Å². The second-order valence-electron chi connectivity index (χ2n) is 4.09. The quantitative estimate of drug-likeness (QED) is 0.778. The summed E-state index contributed by atoms with van der Waals surface area (Å²) in [5, 5.41) is 5.18. The SMILES string of the molecule is S=C1NCCCN1c1cccc2cccnc12. The second kappa shape index (κ2) is 4.30. The zero-order chi connectivity index (χ0) is 11.7. The maximum atomic E-state index is 5.36. The van der Waals surface area contributed by atoms with Crippen LogP contribution < -0.4 is 10.2 Å². The van der Waals surface area contributed by atoms with Crippen molar-refractivity contribution in [2.45, 2.75) is 6.42 Å². The third-order valence-corrected chi connectivity index (χ3v) is 3.35. The molecule has 2 aromatic rings. The molecule has 1 aromatic heterocycles. The molecule has 1 saturated heterocycles. The topological polar surface area (TPSA) is 28.2 Å². The Labute approximate surface area is 105 Å². The first-order valence-electron chi connectivity index (χ1n) is 5.75. The molecule has 3 rings (SSSR count). The Morgan fingerprint density at radius 2 is 2.12 bits per heavy atom. The van der Waals surface area contributed by atoms with E-state index in [1.165, 1.54) is 0 Å². The highest BCUT2D eigenvalue weighted by molar-refractivity contribution is 7.80. The van der Waals surface area contributed by atoms with Gasteiger partial charge in [0.05, 0.1) is 11.2 Å². The smallest absolute Gasteiger partial charge is 0.173 e. The highest BCUT2D eigenvalue weighted by Crippen LogP contribution is 2.25. The fourth-order valence-corrected chi connectivity index (χ4v) is 2.46. The van der Waals surface area contributed by atoms with Crippen molar-refractivity contribution in [3.8, 4) is 0 Å². The van der Waals surface area contributed by atoms with Crippen molar-refractivity contribution in [2.75, 3.05) is 18.0 Å². The number of para-hydroxylation sites is 1. The second-order valence-corrected chi connectivity index (χ2v) is 4.48. The van der Waals surface area contributed by atoms with Gasteiger partial charge >= 0.3 is 0 Å². The Morgan fingerprint density at radius 1 is 1.24 bits per heavy atom. The fraction of sp³-hybridized carbons (Fsp3) is 0.231. The first-order chi connectivity index (χ1) is 8.36. The van der Waals surface area contributed by atoms with Gasteiger partial charge in [0.1, 0.15) is 0 Å². The number of nitrogens with one attached hydrogen (secondary N) is 1. The molecule has 17 heavy (non-hydrogen) atoms. The molecule has 0 spiro atoms. The van der Waals surface area contributed by atoms with Gasteiger partial charge in [-0.1, -0.05) is 18.2 Å². The van der Waals surface area contributed by atoms with E-state index < -0.39 is 0 Å². The normalized spacial score (nSPS) is 16.0. The number of rotatable bonds is 1. The van der Waals surface area contributed by atoms with Gasteiger partial charge in [0, 0.05) is 24.7 Å². The lowest BCUT2D eigenvalue weighted by atomic mass is 10.1. The van der Waals surface area contributed by atoms with Crippen LogP contribution in [-0.2, 0) is 0 Å². The molecule has 1 aliphatic rings. The van der Waals surface area contributed by atoms with Gasteiger partial charge in [0.15, 0.2) is 5.11 Å². The minimum absolute atomic E-state index is 0.800. The zero-order valence-electron chi connectivity index (χ0n) is 9.39. The van der Waals surface area contributed by atoms with Crippen molar-refractivity contribution >= 4 is 33.9 Å². The summed E-state index contributed by atoms with van der Waals surface area (Å²) in [7, 11) is 0. The van der Waals surface area contributed by atoms with E-state index in [1.54, 1.807) is 0 Å². The molecule has 4 heteroatoms. The molecule has 0 radical (unpaired) electrons. The number of anilines is 1. The lowest BCUT2D eigenvalue weighted by Crippen LogP contribution is -2.46. The highest BCUT2D eigenvalue weighted by atomic mass is 32.1. The molecule has 1 N–H and O–H groups in total. The van der Waals surface area contributed by atoms with E-state index in [4.69, 9.17) is 12.2 Å². The standard InChI is InChI=1S/C13H13N3S/c17-13-15-8-3-9-16(13)11-6-1-4-10-5-2-7-14-12(10)11/h1-2,4-7H,3,8-9H2,(H,15,17). The number of nitrogens with zero attached hydrogens (tertiary/aromatic N) is 2. The lowest BCUT2D eigenvalue weighted by molar-refractivity contribution is 0.723. The predicted molar refractivity (Wildman–Crippen MR) is 74.3 cm³/mol. The zero-order valence-corrected chi connectivity index (χ0v) is 10.2. The molecule has 3 nitrogen and oxygen atoms in total. The van der Waals surface area contributed by atoms with Crippen LogP contribution in [0.1, 0.15) is 6.42 Å². The average molecular weight is 243 g/mol. The van der Waals surface area contributed by atoms with E-state index in [0.717, 1.165) is 41.2 Å². The van der Waals surface area contributed by atoms with Gasteiger partial charge in [0.2, 0.25) is 0 Å². The van der Waals surface area contributed by atoms with Crippen molar-refractivity contribution in [2.24, 2.45) is 0 Å². The minimum atomic E-state index is 0.800. The van der Waals surface area contributed by atoms with E-state index in [-0.39, 0.29) is 0 Å². The lowest BCUT2D eigenvalue weighted by Gasteiger charge is -2.30. The van der Waals surface area contributed by atoms with Gasteiger partial charge in [-0.15, -0.1) is 0 Å². The molecule has 0 bridgehead atoms. The van der Waals surface area contributed by atoms with Crippen LogP contribution in [-0.4, -0.2) is 23.2 Å². The summed E-state index contributed by atoms with van der Waals surface area (Å²) >= 11 is 5.36. The van der Waals surface area contributed by atoms with E-state index >= 15 is 0 Å². The summed E-state index contributed by atoms with van der Waals surface area (Å²) in [6.45, 7) is 1.93. The van der Waals surface area contributed by atoms with Gasteiger partial charge < -0.3 is 10.2 Å². The van der Waals surface area contributed by atoms with E-state index in [0.29, 0.717) is 0 Å². The van der Waals surface area contributed by atoms with Crippen LogP contribution in [0.5, 0.6) is 0 Å². The number of fused-ring (bicyclic) bond motifs is 1. The molecule has 1 aliphatic heterocycles. The summed E-state index contributed by atoms with van der Waals surface area (Å²) in [6.07, 6.45) is 2.93. The van der Waals surface area contributed by atoms with Gasteiger partial charge in [-0.05, 0) is 30.8 Å². The molecule has 0 atom stereocenters. The number of benzene rings is 1. The number of aromatic nitrogens is 1. The molecule has 0 aliphatic carbocycles. The maximum absolute atomic E-state index is 5.36. The predicted octanol–water partition coefficient (Wildman–Crippen LogP) is 2.32. The van der Waals surface area contributed by atoms with Crippen LogP contribution in [0.4, 0.5) is 5.69 Å². The molecular weight excluding hydrogens is 230 g/mol. The molecular formula is C13H13N3S. The van der Waals surface area contributed by atoms with Crippen LogP contribution in [0.2, 0.25) is 0 Å². The molecule has 0 saturated carbocycles. The van der Waals surface area contributed by atoms with Gasteiger partial charge in [-0.25, -0.2) is 0 Å². The van der Waals surface area contributed by atoms with Crippen molar-refractivity contribution in [1.29, 1.82) is 0 Å². The number of hydrogen-bond acceptors (Lipinski definition) is 2. The Balaban J connectivity index is 2.13. The third kappa shape index (κ3) is 1.85. The average Bonchev–Trinajstić information content (AvgIpc) is 2.39. The molecule has 1 aromatic carbocycles. The van der Waals surface area contributed by atoms with Crippen molar-refractivity contribution in [3.05, 3.63) is 36.5 Å². The molecule has 2 heterocycles. The van der Waals surface area contributed by atoms with Crippen molar-refractivity contribution in [1.82, 2.24) is 10.3 Å². The number of thiocarbonyl (C=S) groups is 1. The summed E-state index contributed by atoms with van der Waals surface area (Å²) in [4.78, 5) is 6.59. The van der Waals surface area contributed by atoms with Crippen LogP contribution in [0.15, 0.2) is 36.5 Å². The summed E-state index contributed by atoms with van der Waals surface area (Å²) < 4.78 is 0. The summed E-state index contributed by atoms with van der Waals surface area (Å²) in [6, 6.07) is 10.2. The molecule has 86 valence electrons. The molecule has 1 fully saturated rings. The Bertz CT molecular complexity index is 562.